The van der Waals surface area contributed by atoms with Gasteiger partial charge in [0.25, 0.3) is 0 Å². The number of nitrogens with zero attached hydrogens (tertiary/aromatic N) is 1. The largest absolute Gasteiger partial charge is 0.459 e. The second-order valence-electron chi connectivity index (χ2n) is 6.45. The number of ether oxygens (including phenoxy) is 1. The minimum Gasteiger partial charge on any atom is -0.459 e. The summed E-state index contributed by atoms with van der Waals surface area (Å²) in [6, 6.07) is 4.67. The predicted octanol–water partition coefficient (Wildman–Crippen LogP) is 2.43. The van der Waals surface area contributed by atoms with Gasteiger partial charge in [-0.25, -0.2) is 9.18 Å². The van der Waals surface area contributed by atoms with E-state index in [0.717, 1.165) is 17.7 Å². The SMILES string of the molecule is C[C@@H](C(=O)OCc1ccc(F)cc1)N1C(=O)[C@H]2CCCC[C@@H]2C1=O. The van der Waals surface area contributed by atoms with Crippen LogP contribution in [0.25, 0.3) is 0 Å². The molecule has 2 aliphatic rings. The molecule has 1 saturated heterocycles. The van der Waals surface area contributed by atoms with Crippen LogP contribution in [0.4, 0.5) is 4.39 Å². The number of likely N-dealkylation sites (tertiary alicyclic amines) is 1. The Morgan fingerprint density at radius 2 is 1.71 bits per heavy atom. The monoisotopic (exact) mass is 333 g/mol. The number of amides is 2. The van der Waals surface area contributed by atoms with Crippen molar-refractivity contribution in [3.05, 3.63) is 35.6 Å². The Labute approximate surface area is 139 Å². The second kappa shape index (κ2) is 6.71. The van der Waals surface area contributed by atoms with Gasteiger partial charge in [0, 0.05) is 0 Å². The van der Waals surface area contributed by atoms with E-state index in [9.17, 15) is 18.8 Å². The van der Waals surface area contributed by atoms with E-state index in [4.69, 9.17) is 4.74 Å². The van der Waals surface area contributed by atoms with Crippen molar-refractivity contribution in [3.63, 3.8) is 0 Å². The van der Waals surface area contributed by atoms with Gasteiger partial charge in [0.05, 0.1) is 11.8 Å². The van der Waals surface area contributed by atoms with E-state index in [-0.39, 0.29) is 36.1 Å². The molecule has 5 nitrogen and oxygen atoms in total. The molecule has 0 radical (unpaired) electrons. The molecular weight excluding hydrogens is 313 g/mol. The van der Waals surface area contributed by atoms with Crippen molar-refractivity contribution >= 4 is 17.8 Å². The summed E-state index contributed by atoms with van der Waals surface area (Å²) >= 11 is 0. The third-order valence-electron chi connectivity index (χ3n) is 4.90. The first kappa shape index (κ1) is 16.6. The van der Waals surface area contributed by atoms with Gasteiger partial charge in [-0.2, -0.15) is 0 Å². The molecule has 128 valence electrons. The highest BCUT2D eigenvalue weighted by Crippen LogP contribution is 2.38. The van der Waals surface area contributed by atoms with Crippen molar-refractivity contribution in [3.8, 4) is 0 Å². The molecule has 2 amide bonds. The minimum atomic E-state index is -0.934. The van der Waals surface area contributed by atoms with Crippen molar-refractivity contribution < 1.29 is 23.5 Å². The molecule has 1 aliphatic carbocycles. The lowest BCUT2D eigenvalue weighted by Gasteiger charge is -2.21. The van der Waals surface area contributed by atoms with Crippen molar-refractivity contribution in [2.75, 3.05) is 0 Å². The topological polar surface area (TPSA) is 63.7 Å². The number of hydrogen-bond donors (Lipinski definition) is 0. The number of hydrogen-bond acceptors (Lipinski definition) is 4. The van der Waals surface area contributed by atoms with E-state index in [0.29, 0.717) is 18.4 Å². The first-order valence-electron chi connectivity index (χ1n) is 8.27. The molecule has 0 aromatic heterocycles. The van der Waals surface area contributed by atoms with Crippen LogP contribution in [-0.4, -0.2) is 28.7 Å². The maximum atomic E-state index is 12.9. The molecule has 1 heterocycles. The molecule has 6 heteroatoms. The predicted molar refractivity (Wildman–Crippen MR) is 83.0 cm³/mol. The summed E-state index contributed by atoms with van der Waals surface area (Å²) < 4.78 is 18.0. The van der Waals surface area contributed by atoms with Crippen LogP contribution in [0.1, 0.15) is 38.2 Å². The Kier molecular flexibility index (Phi) is 4.64. The minimum absolute atomic E-state index is 0.0213. The normalized spacial score (nSPS) is 24.7. The van der Waals surface area contributed by atoms with Crippen LogP contribution in [0.3, 0.4) is 0 Å². The van der Waals surface area contributed by atoms with Crippen LogP contribution in [-0.2, 0) is 25.7 Å². The average molecular weight is 333 g/mol. The summed E-state index contributed by atoms with van der Waals surface area (Å²) in [5.74, 6) is -2.06. The molecular formula is C18H20FNO4. The zero-order valence-corrected chi connectivity index (χ0v) is 13.5. The number of fused-ring (bicyclic) bond motifs is 1. The van der Waals surface area contributed by atoms with Gasteiger partial charge in [0.1, 0.15) is 18.5 Å². The van der Waals surface area contributed by atoms with Gasteiger partial charge in [-0.3, -0.25) is 14.5 Å². The number of rotatable bonds is 4. The van der Waals surface area contributed by atoms with Crippen LogP contribution < -0.4 is 0 Å². The fourth-order valence-electron chi connectivity index (χ4n) is 3.53. The van der Waals surface area contributed by atoms with Crippen molar-refractivity contribution in [2.45, 2.75) is 45.3 Å². The molecule has 3 rings (SSSR count). The van der Waals surface area contributed by atoms with Crippen molar-refractivity contribution in [1.29, 1.82) is 0 Å². The van der Waals surface area contributed by atoms with E-state index in [2.05, 4.69) is 0 Å². The van der Waals surface area contributed by atoms with Crippen LogP contribution >= 0.6 is 0 Å². The molecule has 24 heavy (non-hydrogen) atoms. The quantitative estimate of drug-likeness (QED) is 0.627. The second-order valence-corrected chi connectivity index (χ2v) is 6.45. The molecule has 1 aromatic rings. The third kappa shape index (κ3) is 3.05. The Hall–Kier alpha value is -2.24. The fraction of sp³-hybridized carbons (Fsp3) is 0.500. The highest BCUT2D eigenvalue weighted by atomic mass is 19.1. The summed E-state index contributed by atoms with van der Waals surface area (Å²) in [6.45, 7) is 1.49. The van der Waals surface area contributed by atoms with E-state index >= 15 is 0 Å². The third-order valence-corrected chi connectivity index (χ3v) is 4.90. The highest BCUT2D eigenvalue weighted by Gasteiger charge is 2.51. The fourth-order valence-corrected chi connectivity index (χ4v) is 3.53. The summed E-state index contributed by atoms with van der Waals surface area (Å²) in [7, 11) is 0. The lowest BCUT2D eigenvalue weighted by atomic mass is 9.81. The highest BCUT2D eigenvalue weighted by molar-refractivity contribution is 6.07. The van der Waals surface area contributed by atoms with Gasteiger partial charge in [-0.05, 0) is 37.5 Å². The Balaban J connectivity index is 1.63. The summed E-state index contributed by atoms with van der Waals surface area (Å²) in [5, 5.41) is 0. The molecule has 1 saturated carbocycles. The number of esters is 1. The summed E-state index contributed by atoms with van der Waals surface area (Å²) in [6.07, 6.45) is 3.31. The van der Waals surface area contributed by atoms with Gasteiger partial charge in [0.2, 0.25) is 11.8 Å². The number of imide groups is 1. The van der Waals surface area contributed by atoms with Crippen molar-refractivity contribution in [2.24, 2.45) is 11.8 Å². The van der Waals surface area contributed by atoms with Gasteiger partial charge in [0.15, 0.2) is 0 Å². The summed E-state index contributed by atoms with van der Waals surface area (Å²) in [4.78, 5) is 38.2. The molecule has 1 aliphatic heterocycles. The number of carbonyl (C=O) groups is 3. The number of carbonyl (C=O) groups excluding carboxylic acids is 3. The van der Waals surface area contributed by atoms with Gasteiger partial charge in [-0.1, -0.05) is 25.0 Å². The number of benzene rings is 1. The maximum Gasteiger partial charge on any atom is 0.329 e. The average Bonchev–Trinajstić information content (AvgIpc) is 2.85. The Morgan fingerprint density at radius 3 is 2.25 bits per heavy atom. The molecule has 0 unspecified atom stereocenters. The van der Waals surface area contributed by atoms with E-state index < -0.39 is 12.0 Å². The summed E-state index contributed by atoms with van der Waals surface area (Å²) in [5.41, 5.74) is 0.643. The van der Waals surface area contributed by atoms with Crippen LogP contribution in [0.5, 0.6) is 0 Å². The van der Waals surface area contributed by atoms with E-state index in [1.165, 1.54) is 31.2 Å². The van der Waals surface area contributed by atoms with Gasteiger partial charge < -0.3 is 4.74 Å². The van der Waals surface area contributed by atoms with E-state index in [1.807, 2.05) is 0 Å². The van der Waals surface area contributed by atoms with Crippen molar-refractivity contribution in [1.82, 2.24) is 4.90 Å². The first-order chi connectivity index (χ1) is 11.5. The molecule has 1 aromatic carbocycles. The van der Waals surface area contributed by atoms with E-state index in [1.54, 1.807) is 0 Å². The lowest BCUT2D eigenvalue weighted by Crippen LogP contribution is -2.44. The molecule has 3 atom stereocenters. The smallest absolute Gasteiger partial charge is 0.329 e. The zero-order valence-electron chi connectivity index (χ0n) is 13.5. The van der Waals surface area contributed by atoms with Gasteiger partial charge >= 0.3 is 5.97 Å². The Bertz CT molecular complexity index is 633. The van der Waals surface area contributed by atoms with Gasteiger partial charge in [-0.15, -0.1) is 0 Å². The molecule has 0 N–H and O–H groups in total. The number of halogens is 1. The standard InChI is InChI=1S/C18H20FNO4/c1-11(18(23)24-10-12-6-8-13(19)9-7-12)20-16(21)14-4-2-3-5-15(14)17(20)22/h6-9,11,14-15H,2-5,10H2,1H3/t11-,14-,15-/m0/s1. The lowest BCUT2D eigenvalue weighted by molar-refractivity contribution is -0.159. The molecule has 0 spiro atoms. The van der Waals surface area contributed by atoms with Crippen LogP contribution in [0.15, 0.2) is 24.3 Å². The van der Waals surface area contributed by atoms with Crippen LogP contribution in [0.2, 0.25) is 0 Å². The molecule has 2 fully saturated rings. The zero-order chi connectivity index (χ0) is 17.3. The Morgan fingerprint density at radius 1 is 1.17 bits per heavy atom. The maximum absolute atomic E-state index is 12.9. The van der Waals surface area contributed by atoms with Crippen LogP contribution in [0, 0.1) is 17.7 Å². The first-order valence-corrected chi connectivity index (χ1v) is 8.27. The molecule has 0 bridgehead atoms.